The van der Waals surface area contributed by atoms with Crippen molar-refractivity contribution in [1.29, 1.82) is 0 Å². The Bertz CT molecular complexity index is 803. The molecule has 28 heavy (non-hydrogen) atoms. The van der Waals surface area contributed by atoms with E-state index in [4.69, 9.17) is 9.47 Å². The van der Waals surface area contributed by atoms with Crippen molar-refractivity contribution in [3.05, 3.63) is 48.5 Å². The smallest absolute Gasteiger partial charge is 0.430 e. The molecule has 148 valence electrons. The van der Waals surface area contributed by atoms with Crippen LogP contribution in [0.3, 0.4) is 0 Å². The number of carbonyl (C=O) groups is 2. The fraction of sp³-hybridized carbons (Fsp3) is 0.474. The topological polar surface area (TPSA) is 98.6 Å². The third-order valence-corrected chi connectivity index (χ3v) is 5.33. The summed E-state index contributed by atoms with van der Waals surface area (Å²) in [5, 5.41) is 7.27. The van der Waals surface area contributed by atoms with Gasteiger partial charge in [0.05, 0.1) is 6.04 Å². The van der Waals surface area contributed by atoms with Gasteiger partial charge in [-0.15, -0.1) is 0 Å². The van der Waals surface area contributed by atoms with Crippen molar-refractivity contribution < 1.29 is 19.1 Å². The van der Waals surface area contributed by atoms with E-state index >= 15 is 0 Å². The highest BCUT2D eigenvalue weighted by atomic mass is 16.8. The summed E-state index contributed by atoms with van der Waals surface area (Å²) >= 11 is 0. The first-order chi connectivity index (χ1) is 13.6. The molecule has 2 aliphatic rings. The number of urea groups is 1. The molecule has 1 N–H and O–H groups in total. The van der Waals surface area contributed by atoms with Crippen LogP contribution in [-0.2, 0) is 16.0 Å². The first-order valence-electron chi connectivity index (χ1n) is 9.42. The van der Waals surface area contributed by atoms with E-state index in [9.17, 15) is 9.59 Å². The summed E-state index contributed by atoms with van der Waals surface area (Å²) in [6.45, 7) is 1.96. The first kappa shape index (κ1) is 18.3. The number of hydrogen-bond acceptors (Lipinski definition) is 6. The quantitative estimate of drug-likeness (QED) is 0.792. The number of rotatable bonds is 5. The van der Waals surface area contributed by atoms with E-state index < -0.39 is 11.8 Å². The Hall–Kier alpha value is -3.10. The maximum atomic E-state index is 12.9. The van der Waals surface area contributed by atoms with Crippen LogP contribution >= 0.6 is 0 Å². The molecular weight excluding hydrogens is 362 g/mol. The van der Waals surface area contributed by atoms with Gasteiger partial charge < -0.3 is 19.7 Å². The van der Waals surface area contributed by atoms with Crippen LogP contribution in [0.4, 0.5) is 9.59 Å². The minimum absolute atomic E-state index is 0.118. The highest BCUT2D eigenvalue weighted by Gasteiger charge is 2.45. The number of nitrogens with zero attached hydrogens (tertiary/aromatic N) is 4. The molecule has 1 aromatic carbocycles. The summed E-state index contributed by atoms with van der Waals surface area (Å²) in [4.78, 5) is 29.8. The van der Waals surface area contributed by atoms with Crippen molar-refractivity contribution in [3.63, 3.8) is 0 Å². The third kappa shape index (κ3) is 4.08. The lowest BCUT2D eigenvalue weighted by Gasteiger charge is -2.37. The molecule has 0 radical (unpaired) electrons. The number of aromatic nitrogens is 3. The summed E-state index contributed by atoms with van der Waals surface area (Å²) in [7, 11) is 0. The zero-order chi connectivity index (χ0) is 19.4. The number of amides is 2. The number of likely N-dealkylation sites (tertiary alicyclic amines) is 1. The van der Waals surface area contributed by atoms with Crippen molar-refractivity contribution in [2.75, 3.05) is 19.7 Å². The van der Waals surface area contributed by atoms with Crippen molar-refractivity contribution in [2.24, 2.45) is 0 Å². The van der Waals surface area contributed by atoms with Crippen LogP contribution in [-0.4, -0.2) is 57.1 Å². The Labute approximate surface area is 162 Å². The van der Waals surface area contributed by atoms with Gasteiger partial charge in [-0.05, 0) is 12.0 Å². The molecule has 2 aromatic rings. The van der Waals surface area contributed by atoms with E-state index in [1.54, 1.807) is 15.9 Å². The van der Waals surface area contributed by atoms with Gasteiger partial charge >= 0.3 is 12.2 Å². The van der Waals surface area contributed by atoms with Crippen molar-refractivity contribution in [1.82, 2.24) is 25.0 Å². The summed E-state index contributed by atoms with van der Waals surface area (Å²) in [6.07, 6.45) is 4.41. The average Bonchev–Trinajstić information content (AvgIpc) is 3.36. The third-order valence-electron chi connectivity index (χ3n) is 5.33. The van der Waals surface area contributed by atoms with Crippen LogP contribution in [0.1, 0.15) is 30.9 Å². The fourth-order valence-electron chi connectivity index (χ4n) is 3.65. The second-order valence-electron chi connectivity index (χ2n) is 7.17. The van der Waals surface area contributed by atoms with Crippen molar-refractivity contribution in [3.8, 4) is 0 Å². The molecule has 2 fully saturated rings. The molecule has 0 aliphatic carbocycles. The minimum Gasteiger partial charge on any atom is -0.430 e. The predicted octanol–water partition coefficient (Wildman–Crippen LogP) is 2.12. The van der Waals surface area contributed by atoms with Gasteiger partial charge in [-0.2, -0.15) is 5.10 Å². The molecule has 4 rings (SSSR count). The van der Waals surface area contributed by atoms with Crippen LogP contribution in [0.25, 0.3) is 0 Å². The Balaban J connectivity index is 1.37. The second kappa shape index (κ2) is 7.87. The van der Waals surface area contributed by atoms with Gasteiger partial charge in [0.2, 0.25) is 0 Å². The number of piperidine rings is 1. The van der Waals surface area contributed by atoms with Gasteiger partial charge in [0, 0.05) is 32.5 Å². The van der Waals surface area contributed by atoms with Gasteiger partial charge in [0.25, 0.3) is 0 Å². The SMILES string of the molecule is O=C1OCC2(CCN(C(=O)NC(CCn3cncn3)c3ccccc3)CC2)O1. The van der Waals surface area contributed by atoms with Gasteiger partial charge in [0.15, 0.2) is 5.60 Å². The summed E-state index contributed by atoms with van der Waals surface area (Å²) in [5.74, 6) is 0. The van der Waals surface area contributed by atoms with Crippen molar-refractivity contribution in [2.45, 2.75) is 37.5 Å². The maximum absolute atomic E-state index is 12.9. The number of ether oxygens (including phenoxy) is 2. The molecule has 9 heteroatoms. The number of aryl methyl sites for hydroxylation is 1. The number of benzene rings is 1. The average molecular weight is 385 g/mol. The zero-order valence-electron chi connectivity index (χ0n) is 15.5. The number of hydrogen-bond donors (Lipinski definition) is 1. The van der Waals surface area contributed by atoms with Crippen LogP contribution in [0, 0.1) is 0 Å². The molecule has 2 aliphatic heterocycles. The van der Waals surface area contributed by atoms with Crippen LogP contribution in [0.2, 0.25) is 0 Å². The van der Waals surface area contributed by atoms with Gasteiger partial charge in [-0.25, -0.2) is 14.6 Å². The van der Waals surface area contributed by atoms with Crippen LogP contribution in [0.5, 0.6) is 0 Å². The molecule has 1 unspecified atom stereocenters. The molecule has 2 saturated heterocycles. The van der Waals surface area contributed by atoms with Gasteiger partial charge in [0.1, 0.15) is 19.3 Å². The zero-order valence-corrected chi connectivity index (χ0v) is 15.5. The van der Waals surface area contributed by atoms with Crippen molar-refractivity contribution >= 4 is 12.2 Å². The van der Waals surface area contributed by atoms with Crippen LogP contribution < -0.4 is 5.32 Å². The van der Waals surface area contributed by atoms with E-state index in [0.717, 1.165) is 5.56 Å². The lowest BCUT2D eigenvalue weighted by Crippen LogP contribution is -2.51. The van der Waals surface area contributed by atoms with Crippen LogP contribution in [0.15, 0.2) is 43.0 Å². The number of cyclic esters (lactones) is 1. The van der Waals surface area contributed by atoms with E-state index in [0.29, 0.717) is 38.9 Å². The van der Waals surface area contributed by atoms with Gasteiger partial charge in [-0.3, -0.25) is 4.68 Å². The molecule has 1 spiro atoms. The lowest BCUT2D eigenvalue weighted by molar-refractivity contribution is 0.00908. The molecule has 1 aromatic heterocycles. The molecular formula is C19H23N5O4. The number of nitrogens with one attached hydrogen (secondary N) is 1. The Morgan fingerprint density at radius 3 is 2.68 bits per heavy atom. The van der Waals surface area contributed by atoms with Gasteiger partial charge in [-0.1, -0.05) is 30.3 Å². The lowest BCUT2D eigenvalue weighted by atomic mass is 9.92. The standard InChI is InChI=1S/C19H23N5O4/c25-17(23-10-7-19(8-11-23)12-27-18(26)28-19)22-16(15-4-2-1-3-5-15)6-9-24-14-20-13-21-24/h1-5,13-14,16H,6-12H2,(H,22,25). The molecule has 1 atom stereocenters. The molecule has 3 heterocycles. The monoisotopic (exact) mass is 385 g/mol. The van der Waals surface area contributed by atoms with E-state index in [2.05, 4.69) is 15.4 Å². The maximum Gasteiger partial charge on any atom is 0.509 e. The molecule has 0 saturated carbocycles. The summed E-state index contributed by atoms with van der Waals surface area (Å²) < 4.78 is 12.0. The molecule has 9 nitrogen and oxygen atoms in total. The Morgan fingerprint density at radius 2 is 2.04 bits per heavy atom. The molecule has 0 bridgehead atoms. The highest BCUT2D eigenvalue weighted by Crippen LogP contribution is 2.31. The normalized spacial score (nSPS) is 19.1. The van der Waals surface area contributed by atoms with E-state index in [1.165, 1.54) is 6.33 Å². The highest BCUT2D eigenvalue weighted by molar-refractivity contribution is 5.75. The second-order valence-corrected chi connectivity index (χ2v) is 7.17. The summed E-state index contributed by atoms with van der Waals surface area (Å²) in [6, 6.07) is 9.63. The largest absolute Gasteiger partial charge is 0.509 e. The number of carbonyl (C=O) groups excluding carboxylic acids is 2. The Kier molecular flexibility index (Phi) is 5.14. The molecule has 2 amide bonds. The fourth-order valence-corrected chi connectivity index (χ4v) is 3.65. The summed E-state index contributed by atoms with van der Waals surface area (Å²) in [5.41, 5.74) is 0.474. The first-order valence-corrected chi connectivity index (χ1v) is 9.42. The van der Waals surface area contributed by atoms with E-state index in [-0.39, 0.29) is 18.7 Å². The predicted molar refractivity (Wildman–Crippen MR) is 98.3 cm³/mol. The van der Waals surface area contributed by atoms with E-state index in [1.807, 2.05) is 30.3 Å². The minimum atomic E-state index is -0.616. The Morgan fingerprint density at radius 1 is 1.25 bits per heavy atom.